The Labute approximate surface area is 363 Å². The van der Waals surface area contributed by atoms with E-state index in [1.54, 1.807) is 30.3 Å². The van der Waals surface area contributed by atoms with Gasteiger partial charge in [0.15, 0.2) is 10.7 Å². The second-order valence-electron chi connectivity index (χ2n) is 14.1. The number of nitrogens with zero attached hydrogens (tertiary/aromatic N) is 1. The number of carbonyl (C=O) groups is 4. The van der Waals surface area contributed by atoms with Crippen molar-refractivity contribution in [3.05, 3.63) is 92.8 Å². The number of primary sulfonamides is 1. The Morgan fingerprint density at radius 3 is 2.20 bits per heavy atom. The third-order valence-electron chi connectivity index (χ3n) is 9.91. The highest BCUT2D eigenvalue weighted by molar-refractivity contribution is 7.91. The lowest BCUT2D eigenvalue weighted by Gasteiger charge is -2.36. The molecule has 1 spiro atoms. The third-order valence-corrected chi connectivity index (χ3v) is 12.9. The first-order valence-electron chi connectivity index (χ1n) is 18.7. The van der Waals surface area contributed by atoms with Crippen molar-refractivity contribution in [2.24, 2.45) is 5.14 Å². The Kier molecular flexibility index (Phi) is 12.7. The fraction of sp³-hybridized carbons (Fsp3) is 0.308. The van der Waals surface area contributed by atoms with E-state index in [0.29, 0.717) is 45.8 Å². The van der Waals surface area contributed by atoms with Crippen molar-refractivity contribution in [3.8, 4) is 23.0 Å². The van der Waals surface area contributed by atoms with E-state index in [1.807, 2.05) is 0 Å². The average Bonchev–Trinajstić information content (AvgIpc) is 3.88. The highest BCUT2D eigenvalue weighted by Crippen LogP contribution is 2.57. The standard InChI is InChI=1S/C39H39ClN6O12S3/c1-20(47)44-22-15-30(46(19-22)35(51)26-18-33(40)60-37(26)61(41,53)54)34(50)42-8-10-55-12-13-56-11-9-43-38(59)45-21-2-5-27-25(14-21)36(52)58-39(27)28-6-3-23(48)16-31(28)57-32-17-24(49)4-7-29(32)39/h2-7,14,16-18,22,30,48-49H,8-13,15,19H2,1H3,(H,42,50)(H,44,47)(H2,41,53,54)(H2,43,45,59)/t22-,30-/m1/s1. The number of nitrogens with one attached hydrogen (secondary N) is 4. The molecule has 1 saturated heterocycles. The Morgan fingerprint density at radius 1 is 0.951 bits per heavy atom. The van der Waals surface area contributed by atoms with E-state index < -0.39 is 49.7 Å². The number of carbonyl (C=O) groups excluding carboxylic acids is 4. The number of halogens is 1. The van der Waals surface area contributed by atoms with Gasteiger partial charge < -0.3 is 55.3 Å². The first-order valence-corrected chi connectivity index (χ1v) is 21.8. The van der Waals surface area contributed by atoms with Crippen LogP contribution < -0.4 is 31.1 Å². The third kappa shape index (κ3) is 9.22. The monoisotopic (exact) mass is 914 g/mol. The topological polar surface area (TPSA) is 257 Å². The van der Waals surface area contributed by atoms with Gasteiger partial charge in [0.2, 0.25) is 21.8 Å². The number of thiophene rings is 1. The number of likely N-dealkylation sites (tertiary alicyclic amines) is 1. The van der Waals surface area contributed by atoms with Crippen LogP contribution in [0.4, 0.5) is 5.69 Å². The van der Waals surface area contributed by atoms with Gasteiger partial charge in [-0.05, 0) is 61.1 Å². The second-order valence-corrected chi connectivity index (χ2v) is 17.9. The molecule has 18 nitrogen and oxygen atoms in total. The van der Waals surface area contributed by atoms with Gasteiger partial charge in [-0.2, -0.15) is 0 Å². The number of nitrogens with two attached hydrogens (primary N) is 1. The molecule has 0 saturated carbocycles. The van der Waals surface area contributed by atoms with Crippen molar-refractivity contribution in [3.63, 3.8) is 0 Å². The number of esters is 1. The SMILES string of the molecule is CC(=O)N[C@@H]1C[C@H](C(=O)NCCOCCOCCNC(=S)Nc2ccc3c(c2)C(=O)OC32c3ccc(O)cc3Oc3cc(O)ccc32)N(C(=O)c2cc(Cl)sc2S(N)(=O)=O)C1. The lowest BCUT2D eigenvalue weighted by Crippen LogP contribution is -2.47. The number of hydrogen-bond donors (Lipinski definition) is 7. The first kappa shape index (κ1) is 43.5. The van der Waals surface area contributed by atoms with E-state index in [1.165, 1.54) is 42.2 Å². The Bertz CT molecular complexity index is 2480. The Morgan fingerprint density at radius 2 is 1.57 bits per heavy atom. The average molecular weight is 915 g/mol. The van der Waals surface area contributed by atoms with Gasteiger partial charge in [-0.25, -0.2) is 18.4 Å². The molecular formula is C39H39ClN6O12S3. The van der Waals surface area contributed by atoms with Crippen LogP contribution in [0.25, 0.3) is 0 Å². The van der Waals surface area contributed by atoms with Gasteiger partial charge >= 0.3 is 5.97 Å². The number of benzene rings is 3. The molecule has 1 aromatic heterocycles. The molecule has 0 bridgehead atoms. The summed E-state index contributed by atoms with van der Waals surface area (Å²) in [7, 11) is -4.27. The summed E-state index contributed by atoms with van der Waals surface area (Å²) in [5.74, 6) is -1.74. The van der Waals surface area contributed by atoms with Crippen LogP contribution in [0.3, 0.4) is 0 Å². The number of hydrogen-bond acceptors (Lipinski definition) is 14. The lowest BCUT2D eigenvalue weighted by molar-refractivity contribution is -0.125. The van der Waals surface area contributed by atoms with Crippen molar-refractivity contribution < 1.29 is 56.8 Å². The number of aromatic hydroxyl groups is 2. The van der Waals surface area contributed by atoms with Gasteiger partial charge in [-0.1, -0.05) is 17.7 Å². The van der Waals surface area contributed by atoms with Crippen LogP contribution in [0, 0.1) is 0 Å². The summed E-state index contributed by atoms with van der Waals surface area (Å²) in [6, 6.07) is 13.8. The summed E-state index contributed by atoms with van der Waals surface area (Å²) in [6.07, 6.45) is 0.103. The summed E-state index contributed by atoms with van der Waals surface area (Å²) in [5.41, 5.74) is 0.762. The minimum absolute atomic E-state index is 0.0313. The van der Waals surface area contributed by atoms with Gasteiger partial charge in [0, 0.05) is 67.1 Å². The van der Waals surface area contributed by atoms with E-state index >= 15 is 0 Å². The van der Waals surface area contributed by atoms with Crippen molar-refractivity contribution in [1.82, 2.24) is 20.9 Å². The van der Waals surface area contributed by atoms with E-state index in [2.05, 4.69) is 21.3 Å². The normalized spacial score (nSPS) is 17.1. The van der Waals surface area contributed by atoms with E-state index in [-0.39, 0.29) is 89.9 Å². The predicted octanol–water partition coefficient (Wildman–Crippen LogP) is 2.88. The highest BCUT2D eigenvalue weighted by atomic mass is 35.5. The maximum Gasteiger partial charge on any atom is 0.340 e. The maximum atomic E-state index is 13.5. The molecule has 4 heterocycles. The molecule has 61 heavy (non-hydrogen) atoms. The van der Waals surface area contributed by atoms with E-state index in [0.717, 1.165) is 0 Å². The number of amides is 3. The Balaban J connectivity index is 0.842. The Hall–Kier alpha value is -5.55. The zero-order chi connectivity index (χ0) is 43.6. The molecule has 22 heteroatoms. The number of rotatable bonds is 14. The fourth-order valence-corrected chi connectivity index (χ4v) is 9.94. The molecule has 2 atom stereocenters. The predicted molar refractivity (Wildman–Crippen MR) is 225 cm³/mol. The van der Waals surface area contributed by atoms with Crippen LogP contribution >= 0.6 is 35.2 Å². The van der Waals surface area contributed by atoms with Crippen molar-refractivity contribution >= 4 is 79.7 Å². The minimum Gasteiger partial charge on any atom is -0.508 e. The van der Waals surface area contributed by atoms with Gasteiger partial charge in [-0.15, -0.1) is 11.3 Å². The minimum atomic E-state index is -4.27. The molecule has 7 rings (SSSR count). The second kappa shape index (κ2) is 17.8. The molecule has 8 N–H and O–H groups in total. The molecular weight excluding hydrogens is 876 g/mol. The smallest absolute Gasteiger partial charge is 0.340 e. The molecule has 3 aliphatic heterocycles. The van der Waals surface area contributed by atoms with Crippen LogP contribution in [0.2, 0.25) is 4.34 Å². The summed E-state index contributed by atoms with van der Waals surface area (Å²) in [6.45, 7) is 2.57. The number of phenolic OH excluding ortho intramolecular Hbond substituents is 2. The zero-order valence-electron chi connectivity index (χ0n) is 32.2. The molecule has 3 amide bonds. The summed E-state index contributed by atoms with van der Waals surface area (Å²) in [4.78, 5) is 53.0. The van der Waals surface area contributed by atoms with Gasteiger partial charge in [0.25, 0.3) is 5.91 Å². The van der Waals surface area contributed by atoms with Crippen LogP contribution in [0.1, 0.15) is 50.8 Å². The number of anilines is 1. The highest BCUT2D eigenvalue weighted by Gasteiger charge is 2.54. The largest absolute Gasteiger partial charge is 0.508 e. The number of sulfonamides is 1. The molecule has 1 fully saturated rings. The van der Waals surface area contributed by atoms with Crippen molar-refractivity contribution in [2.45, 2.75) is 35.2 Å². The van der Waals surface area contributed by atoms with Crippen molar-refractivity contribution in [1.29, 1.82) is 0 Å². The first-order chi connectivity index (χ1) is 29.0. The molecule has 0 unspecified atom stereocenters. The van der Waals surface area contributed by atoms with Crippen LogP contribution in [-0.2, 0) is 39.4 Å². The van der Waals surface area contributed by atoms with Crippen LogP contribution in [-0.4, -0.2) is 110 Å². The van der Waals surface area contributed by atoms with Crippen LogP contribution in [0.5, 0.6) is 23.0 Å². The van der Waals surface area contributed by atoms with Crippen LogP contribution in [0.15, 0.2) is 64.9 Å². The van der Waals surface area contributed by atoms with Gasteiger partial charge in [0.1, 0.15) is 33.2 Å². The maximum absolute atomic E-state index is 13.5. The number of fused-ring (bicyclic) bond motifs is 6. The molecule has 0 radical (unpaired) electrons. The molecule has 4 aromatic rings. The number of thiocarbonyl (C=S) groups is 1. The molecule has 0 aliphatic carbocycles. The molecule has 3 aliphatic rings. The van der Waals surface area contributed by atoms with Gasteiger partial charge in [0.05, 0.1) is 41.9 Å². The molecule has 3 aromatic carbocycles. The molecule has 322 valence electrons. The fourth-order valence-electron chi connectivity index (χ4n) is 7.44. The number of phenols is 2. The summed E-state index contributed by atoms with van der Waals surface area (Å²) in [5, 5.41) is 37.4. The lowest BCUT2D eigenvalue weighted by atomic mass is 9.77. The zero-order valence-corrected chi connectivity index (χ0v) is 35.4. The summed E-state index contributed by atoms with van der Waals surface area (Å²) >= 11 is 12.1. The summed E-state index contributed by atoms with van der Waals surface area (Å²) < 4.78 is 47.1. The van der Waals surface area contributed by atoms with E-state index in [4.69, 9.17) is 47.9 Å². The number of ether oxygens (including phenoxy) is 4. The van der Waals surface area contributed by atoms with Gasteiger partial charge in [-0.3, -0.25) is 14.4 Å². The van der Waals surface area contributed by atoms with Crippen molar-refractivity contribution in [2.75, 3.05) is 51.4 Å². The van der Waals surface area contributed by atoms with E-state index in [9.17, 15) is 37.8 Å². The quantitative estimate of drug-likeness (QED) is 0.0546.